The van der Waals surface area contributed by atoms with Crippen molar-refractivity contribution in [1.29, 1.82) is 0 Å². The maximum atomic E-state index is 9.09. The molecule has 4 heteroatoms. The van der Waals surface area contributed by atoms with Gasteiger partial charge < -0.3 is 5.21 Å². The van der Waals surface area contributed by atoms with Gasteiger partial charge in [-0.2, -0.15) is 0 Å². The van der Waals surface area contributed by atoms with Crippen LogP contribution in [0.2, 0.25) is 0 Å². The number of hydrogen-bond donors (Lipinski definition) is 1. The lowest BCUT2D eigenvalue weighted by Gasteiger charge is -1.83. The summed E-state index contributed by atoms with van der Waals surface area (Å²) in [6.07, 6.45) is 0. The molecule has 2 rings (SSSR count). The third-order valence-electron chi connectivity index (χ3n) is 1.43. The lowest BCUT2D eigenvalue weighted by molar-refractivity contribution is 0.160. The van der Waals surface area contributed by atoms with Gasteiger partial charge in [0.1, 0.15) is 5.52 Å². The Morgan fingerprint density at radius 3 is 3.20 bits per heavy atom. The van der Waals surface area contributed by atoms with Gasteiger partial charge in [0.2, 0.25) is 0 Å². The minimum Gasteiger partial charge on any atom is -0.411 e. The lowest BCUT2D eigenvalue weighted by atomic mass is 10.4. The number of rotatable bonds is 0. The summed E-state index contributed by atoms with van der Waals surface area (Å²) in [6.45, 7) is 1.88. The second-order valence-electron chi connectivity index (χ2n) is 2.11. The van der Waals surface area contributed by atoms with Crippen molar-refractivity contribution in [1.82, 2.24) is 9.94 Å². The molecule has 0 aliphatic heterocycles. The predicted octanol–water partition coefficient (Wildman–Crippen LogP) is 1.64. The van der Waals surface area contributed by atoms with Crippen LogP contribution in [-0.4, -0.2) is 15.2 Å². The minimum absolute atomic E-state index is 0.794. The molecule has 2 aromatic rings. The van der Waals surface area contributed by atoms with Gasteiger partial charge in [0, 0.05) is 0 Å². The molecule has 0 unspecified atom stereocenters. The molecule has 2 heterocycles. The van der Waals surface area contributed by atoms with Crippen LogP contribution in [-0.2, 0) is 0 Å². The maximum Gasteiger partial charge on any atom is 0.121 e. The first-order chi connectivity index (χ1) is 4.79. The van der Waals surface area contributed by atoms with E-state index in [2.05, 4.69) is 5.10 Å². The molecule has 10 heavy (non-hydrogen) atoms. The van der Waals surface area contributed by atoms with Crippen molar-refractivity contribution in [2.45, 2.75) is 6.92 Å². The number of aryl methyl sites for hydroxylation is 1. The number of thiophene rings is 1. The van der Waals surface area contributed by atoms with E-state index in [0.717, 1.165) is 20.8 Å². The molecule has 0 saturated heterocycles. The van der Waals surface area contributed by atoms with Crippen LogP contribution in [0.25, 0.3) is 10.2 Å². The summed E-state index contributed by atoms with van der Waals surface area (Å²) in [7, 11) is 0. The quantitative estimate of drug-likeness (QED) is 0.586. The molecule has 0 radical (unpaired) electrons. The summed E-state index contributed by atoms with van der Waals surface area (Å²) >= 11 is 1.59. The highest BCUT2D eigenvalue weighted by Crippen LogP contribution is 2.22. The number of aromatic nitrogens is 2. The van der Waals surface area contributed by atoms with Gasteiger partial charge in [0.15, 0.2) is 0 Å². The van der Waals surface area contributed by atoms with Gasteiger partial charge in [0.05, 0.1) is 10.4 Å². The Kier molecular flexibility index (Phi) is 0.990. The highest BCUT2D eigenvalue weighted by Gasteiger charge is 2.05. The van der Waals surface area contributed by atoms with E-state index < -0.39 is 0 Å². The SMILES string of the molecule is Cc1nn(O)c2ccsc12. The topological polar surface area (TPSA) is 38.0 Å². The van der Waals surface area contributed by atoms with Gasteiger partial charge in [-0.15, -0.1) is 21.3 Å². The highest BCUT2D eigenvalue weighted by atomic mass is 32.1. The monoisotopic (exact) mass is 154 g/mol. The zero-order valence-electron chi connectivity index (χ0n) is 5.40. The third-order valence-corrected chi connectivity index (χ3v) is 2.45. The molecule has 0 amide bonds. The van der Waals surface area contributed by atoms with Crippen LogP contribution >= 0.6 is 11.3 Å². The summed E-state index contributed by atoms with van der Waals surface area (Å²) in [4.78, 5) is 0.918. The first kappa shape index (κ1) is 5.73. The van der Waals surface area contributed by atoms with Crippen molar-refractivity contribution >= 4 is 21.6 Å². The van der Waals surface area contributed by atoms with Gasteiger partial charge in [0.25, 0.3) is 0 Å². The van der Waals surface area contributed by atoms with E-state index in [1.807, 2.05) is 18.4 Å². The first-order valence-corrected chi connectivity index (χ1v) is 3.79. The number of hydrogen-bond acceptors (Lipinski definition) is 3. The minimum atomic E-state index is 0.794. The van der Waals surface area contributed by atoms with Gasteiger partial charge in [-0.3, -0.25) is 0 Å². The van der Waals surface area contributed by atoms with Crippen LogP contribution in [0.15, 0.2) is 11.4 Å². The molecule has 0 saturated carbocycles. The van der Waals surface area contributed by atoms with Crippen LogP contribution in [0.4, 0.5) is 0 Å². The molecule has 0 spiro atoms. The summed E-state index contributed by atoms with van der Waals surface area (Å²) in [5, 5.41) is 14.9. The Morgan fingerprint density at radius 1 is 1.70 bits per heavy atom. The molecular formula is C6H6N2OS. The van der Waals surface area contributed by atoms with Gasteiger partial charge in [-0.25, -0.2) is 0 Å². The number of nitrogens with zero attached hydrogens (tertiary/aromatic N) is 2. The Bertz CT molecular complexity index is 331. The Morgan fingerprint density at radius 2 is 2.50 bits per heavy atom. The molecule has 0 bridgehead atoms. The Hall–Kier alpha value is -1.03. The zero-order valence-corrected chi connectivity index (χ0v) is 6.22. The van der Waals surface area contributed by atoms with Crippen LogP contribution in [0.5, 0.6) is 0 Å². The van der Waals surface area contributed by atoms with E-state index in [4.69, 9.17) is 5.21 Å². The van der Waals surface area contributed by atoms with Crippen molar-refractivity contribution in [3.63, 3.8) is 0 Å². The number of fused-ring (bicyclic) bond motifs is 1. The maximum absolute atomic E-state index is 9.09. The van der Waals surface area contributed by atoms with Gasteiger partial charge >= 0.3 is 0 Å². The average molecular weight is 154 g/mol. The fraction of sp³-hybridized carbons (Fsp3) is 0.167. The van der Waals surface area contributed by atoms with Crippen molar-refractivity contribution in [2.75, 3.05) is 0 Å². The second kappa shape index (κ2) is 1.73. The van der Waals surface area contributed by atoms with Gasteiger partial charge in [-0.1, -0.05) is 0 Å². The van der Waals surface area contributed by atoms with Crippen LogP contribution < -0.4 is 0 Å². The first-order valence-electron chi connectivity index (χ1n) is 2.91. The third kappa shape index (κ3) is 0.565. The van der Waals surface area contributed by atoms with Crippen molar-refractivity contribution in [3.05, 3.63) is 17.1 Å². The van der Waals surface area contributed by atoms with E-state index in [0.29, 0.717) is 0 Å². The largest absolute Gasteiger partial charge is 0.411 e. The summed E-state index contributed by atoms with van der Waals surface area (Å²) in [5.74, 6) is 0. The van der Waals surface area contributed by atoms with Gasteiger partial charge in [-0.05, 0) is 18.4 Å². The van der Waals surface area contributed by atoms with Crippen molar-refractivity contribution in [2.24, 2.45) is 0 Å². The highest BCUT2D eigenvalue weighted by molar-refractivity contribution is 7.17. The molecule has 52 valence electrons. The summed E-state index contributed by atoms with van der Waals surface area (Å²) in [6, 6.07) is 1.85. The summed E-state index contributed by atoms with van der Waals surface area (Å²) < 4.78 is 1.06. The molecule has 0 fully saturated rings. The van der Waals surface area contributed by atoms with Crippen molar-refractivity contribution < 1.29 is 5.21 Å². The molecule has 1 N–H and O–H groups in total. The molecular weight excluding hydrogens is 148 g/mol. The Balaban J connectivity index is 2.98. The zero-order chi connectivity index (χ0) is 7.14. The normalized spacial score (nSPS) is 10.9. The molecule has 0 aromatic carbocycles. The standard InChI is InChI=1S/C6H6N2OS/c1-4-6-5(2-3-10-6)8(9)7-4/h2-3,9H,1H3. The Labute approximate surface area is 61.5 Å². The molecule has 0 aliphatic rings. The van der Waals surface area contributed by atoms with E-state index in [-0.39, 0.29) is 0 Å². The fourth-order valence-electron chi connectivity index (χ4n) is 0.972. The fourth-order valence-corrected chi connectivity index (χ4v) is 1.79. The molecule has 0 aliphatic carbocycles. The second-order valence-corrected chi connectivity index (χ2v) is 3.03. The predicted molar refractivity (Wildman–Crippen MR) is 39.5 cm³/mol. The molecule has 3 nitrogen and oxygen atoms in total. The van der Waals surface area contributed by atoms with E-state index in [1.54, 1.807) is 11.3 Å². The van der Waals surface area contributed by atoms with Crippen LogP contribution in [0.1, 0.15) is 5.69 Å². The molecule has 0 atom stereocenters. The van der Waals surface area contributed by atoms with E-state index >= 15 is 0 Å². The van der Waals surface area contributed by atoms with E-state index in [9.17, 15) is 0 Å². The van der Waals surface area contributed by atoms with Crippen molar-refractivity contribution in [3.8, 4) is 0 Å². The van der Waals surface area contributed by atoms with Crippen LogP contribution in [0, 0.1) is 6.92 Å². The lowest BCUT2D eigenvalue weighted by Crippen LogP contribution is -1.90. The van der Waals surface area contributed by atoms with Crippen LogP contribution in [0.3, 0.4) is 0 Å². The average Bonchev–Trinajstić information content (AvgIpc) is 2.39. The molecule has 2 aromatic heterocycles. The smallest absolute Gasteiger partial charge is 0.121 e. The summed E-state index contributed by atoms with van der Waals surface area (Å²) in [5.41, 5.74) is 1.68. The van der Waals surface area contributed by atoms with E-state index in [1.165, 1.54) is 0 Å².